The summed E-state index contributed by atoms with van der Waals surface area (Å²) in [5, 5.41) is 18.5. The van der Waals surface area contributed by atoms with Crippen LogP contribution in [-0.2, 0) is 6.42 Å². The van der Waals surface area contributed by atoms with Crippen molar-refractivity contribution in [3.63, 3.8) is 0 Å². The largest absolute Gasteiger partial charge is 0.386 e. The summed E-state index contributed by atoms with van der Waals surface area (Å²) in [6.07, 6.45) is 1.53. The van der Waals surface area contributed by atoms with Crippen LogP contribution in [0.1, 0.15) is 22.9 Å². The van der Waals surface area contributed by atoms with Crippen molar-refractivity contribution in [1.29, 1.82) is 0 Å². The van der Waals surface area contributed by atoms with E-state index in [-0.39, 0.29) is 0 Å². The molecule has 1 N–H and O–H groups in total. The maximum Gasteiger partial charge on any atom is 0.102 e. The maximum atomic E-state index is 10.5. The van der Waals surface area contributed by atoms with E-state index in [1.807, 2.05) is 48.5 Å². The number of aliphatic hydroxyl groups excluding tert-OH is 1. The maximum absolute atomic E-state index is 10.5. The van der Waals surface area contributed by atoms with Gasteiger partial charge < -0.3 is 5.11 Å². The van der Waals surface area contributed by atoms with Crippen molar-refractivity contribution in [1.82, 2.24) is 15.0 Å². The first-order valence-electron chi connectivity index (χ1n) is 6.94. The van der Waals surface area contributed by atoms with Gasteiger partial charge in [-0.05, 0) is 30.2 Å². The third kappa shape index (κ3) is 2.85. The highest BCUT2D eigenvalue weighted by Gasteiger charge is 2.16. The Bertz CT molecular complexity index is 722. The minimum absolute atomic E-state index is 0.548. The van der Waals surface area contributed by atoms with Crippen molar-refractivity contribution in [3.8, 4) is 5.69 Å². The third-order valence-corrected chi connectivity index (χ3v) is 3.59. The zero-order valence-corrected chi connectivity index (χ0v) is 11.8. The first-order valence-corrected chi connectivity index (χ1v) is 6.94. The molecule has 0 aliphatic carbocycles. The number of hydrogen-bond acceptors (Lipinski definition) is 3. The fourth-order valence-electron chi connectivity index (χ4n) is 2.39. The number of benzene rings is 2. The zero-order chi connectivity index (χ0) is 14.7. The molecule has 0 fully saturated rings. The normalized spacial score (nSPS) is 12.3. The van der Waals surface area contributed by atoms with Gasteiger partial charge in [-0.3, -0.25) is 0 Å². The Balaban J connectivity index is 1.88. The topological polar surface area (TPSA) is 50.9 Å². The van der Waals surface area contributed by atoms with Crippen LogP contribution in [-0.4, -0.2) is 20.1 Å². The minimum Gasteiger partial charge on any atom is -0.386 e. The molecule has 21 heavy (non-hydrogen) atoms. The lowest BCUT2D eigenvalue weighted by atomic mass is 10.0. The fourth-order valence-corrected chi connectivity index (χ4v) is 2.39. The van der Waals surface area contributed by atoms with Crippen molar-refractivity contribution in [3.05, 3.63) is 77.6 Å². The molecular formula is C17H17N3O. The van der Waals surface area contributed by atoms with Crippen molar-refractivity contribution in [2.75, 3.05) is 0 Å². The van der Waals surface area contributed by atoms with E-state index in [4.69, 9.17) is 0 Å². The van der Waals surface area contributed by atoms with Crippen LogP contribution in [0.5, 0.6) is 0 Å². The van der Waals surface area contributed by atoms with Gasteiger partial charge in [0.15, 0.2) is 0 Å². The summed E-state index contributed by atoms with van der Waals surface area (Å²) in [5.74, 6) is 0. The van der Waals surface area contributed by atoms with Crippen molar-refractivity contribution >= 4 is 0 Å². The van der Waals surface area contributed by atoms with Gasteiger partial charge in [0.05, 0.1) is 17.6 Å². The van der Waals surface area contributed by atoms with Gasteiger partial charge in [0, 0.05) is 6.42 Å². The second-order valence-corrected chi connectivity index (χ2v) is 5.05. The smallest absolute Gasteiger partial charge is 0.102 e. The first kappa shape index (κ1) is 13.5. The van der Waals surface area contributed by atoms with Crippen molar-refractivity contribution in [2.45, 2.75) is 19.4 Å². The van der Waals surface area contributed by atoms with Gasteiger partial charge in [0.25, 0.3) is 0 Å². The lowest BCUT2D eigenvalue weighted by Crippen LogP contribution is -2.10. The molecule has 0 radical (unpaired) electrons. The third-order valence-electron chi connectivity index (χ3n) is 3.59. The lowest BCUT2D eigenvalue weighted by molar-refractivity contribution is 0.170. The SMILES string of the molecule is Cc1ccccc1CC(O)c1cnnn1-c1ccccc1. The van der Waals surface area contributed by atoms with E-state index in [1.165, 1.54) is 5.56 Å². The number of para-hydroxylation sites is 1. The number of rotatable bonds is 4. The van der Waals surface area contributed by atoms with Gasteiger partial charge in [-0.1, -0.05) is 47.7 Å². The quantitative estimate of drug-likeness (QED) is 0.799. The number of nitrogens with zero attached hydrogens (tertiary/aromatic N) is 3. The molecule has 0 saturated carbocycles. The highest BCUT2D eigenvalue weighted by molar-refractivity contribution is 5.33. The number of aryl methyl sites for hydroxylation is 1. The molecule has 3 aromatic rings. The average molecular weight is 279 g/mol. The van der Waals surface area contributed by atoms with E-state index in [0.29, 0.717) is 12.1 Å². The van der Waals surface area contributed by atoms with E-state index >= 15 is 0 Å². The molecule has 0 aliphatic heterocycles. The summed E-state index contributed by atoms with van der Waals surface area (Å²) in [7, 11) is 0. The molecule has 3 rings (SSSR count). The Morgan fingerprint density at radius 1 is 1.05 bits per heavy atom. The van der Waals surface area contributed by atoms with Crippen LogP contribution in [0.15, 0.2) is 60.8 Å². The Kier molecular flexibility index (Phi) is 3.79. The Morgan fingerprint density at radius 2 is 1.76 bits per heavy atom. The summed E-state index contributed by atoms with van der Waals surface area (Å²) >= 11 is 0. The van der Waals surface area contributed by atoms with Crippen LogP contribution in [0.2, 0.25) is 0 Å². The lowest BCUT2D eigenvalue weighted by Gasteiger charge is -2.13. The summed E-state index contributed by atoms with van der Waals surface area (Å²) in [6, 6.07) is 17.8. The van der Waals surface area contributed by atoms with Gasteiger partial charge in [0.1, 0.15) is 6.10 Å². The number of aromatic nitrogens is 3. The summed E-state index contributed by atoms with van der Waals surface area (Å²) in [5.41, 5.74) is 3.90. The standard InChI is InChI=1S/C17H17N3O/c1-13-7-5-6-8-14(13)11-17(21)16-12-18-19-20(16)15-9-3-2-4-10-15/h2-10,12,17,21H,11H2,1H3. The molecule has 0 amide bonds. The van der Waals surface area contributed by atoms with Crippen LogP contribution in [0.4, 0.5) is 0 Å². The highest BCUT2D eigenvalue weighted by atomic mass is 16.3. The van der Waals surface area contributed by atoms with Crippen molar-refractivity contribution < 1.29 is 5.11 Å². The molecular weight excluding hydrogens is 262 g/mol. The Morgan fingerprint density at radius 3 is 2.52 bits per heavy atom. The number of hydrogen-bond donors (Lipinski definition) is 1. The van der Waals surface area contributed by atoms with Crippen LogP contribution < -0.4 is 0 Å². The summed E-state index contributed by atoms with van der Waals surface area (Å²) in [4.78, 5) is 0. The van der Waals surface area contributed by atoms with Crippen LogP contribution in [0.3, 0.4) is 0 Å². The monoisotopic (exact) mass is 279 g/mol. The number of aliphatic hydroxyl groups is 1. The molecule has 4 heteroatoms. The van der Waals surface area contributed by atoms with Gasteiger partial charge in [0.2, 0.25) is 0 Å². The van der Waals surface area contributed by atoms with E-state index in [9.17, 15) is 5.11 Å². The van der Waals surface area contributed by atoms with Crippen LogP contribution in [0.25, 0.3) is 5.69 Å². The summed E-state index contributed by atoms with van der Waals surface area (Å²) < 4.78 is 1.68. The van der Waals surface area contributed by atoms with E-state index < -0.39 is 6.10 Å². The van der Waals surface area contributed by atoms with Gasteiger partial charge in [-0.2, -0.15) is 0 Å². The van der Waals surface area contributed by atoms with Gasteiger partial charge >= 0.3 is 0 Å². The van der Waals surface area contributed by atoms with Gasteiger partial charge in [-0.25, -0.2) is 4.68 Å². The molecule has 1 unspecified atom stereocenters. The van der Waals surface area contributed by atoms with Crippen LogP contribution in [0, 0.1) is 6.92 Å². The molecule has 1 atom stereocenters. The molecule has 1 aromatic heterocycles. The molecule has 2 aromatic carbocycles. The predicted molar refractivity (Wildman–Crippen MR) is 81.2 cm³/mol. The fraction of sp³-hybridized carbons (Fsp3) is 0.176. The van der Waals surface area contributed by atoms with E-state index in [2.05, 4.69) is 23.3 Å². The molecule has 1 heterocycles. The molecule has 4 nitrogen and oxygen atoms in total. The minimum atomic E-state index is -0.638. The second kappa shape index (κ2) is 5.89. The zero-order valence-electron chi connectivity index (χ0n) is 11.8. The molecule has 0 aliphatic rings. The van der Waals surface area contributed by atoms with Crippen LogP contribution >= 0.6 is 0 Å². The first-order chi connectivity index (χ1) is 10.3. The molecule has 0 spiro atoms. The average Bonchev–Trinajstić information content (AvgIpc) is 3.00. The van der Waals surface area contributed by atoms with Crippen molar-refractivity contribution in [2.24, 2.45) is 0 Å². The predicted octanol–water partition coefficient (Wildman–Crippen LogP) is 2.85. The van der Waals surface area contributed by atoms with E-state index in [0.717, 1.165) is 11.3 Å². The Hall–Kier alpha value is -2.46. The van der Waals surface area contributed by atoms with E-state index in [1.54, 1.807) is 10.9 Å². The molecule has 0 saturated heterocycles. The summed E-state index contributed by atoms with van der Waals surface area (Å²) in [6.45, 7) is 2.05. The Labute approximate surface area is 123 Å². The molecule has 0 bridgehead atoms. The molecule has 106 valence electrons. The highest BCUT2D eigenvalue weighted by Crippen LogP contribution is 2.21. The van der Waals surface area contributed by atoms with Gasteiger partial charge in [-0.15, -0.1) is 5.10 Å². The second-order valence-electron chi connectivity index (χ2n) is 5.05.